The molecule has 1 aliphatic rings. The molecule has 0 radical (unpaired) electrons. The Labute approximate surface area is 169 Å². The molecule has 1 aliphatic heterocycles. The maximum atomic E-state index is 13.6. The molecule has 1 N–H and O–H groups in total. The van der Waals surface area contributed by atoms with Crippen LogP contribution in [0.5, 0.6) is 0 Å². The van der Waals surface area contributed by atoms with Gasteiger partial charge in [0.1, 0.15) is 0 Å². The lowest BCUT2D eigenvalue weighted by molar-refractivity contribution is -0.114. The third-order valence-corrected chi connectivity index (χ3v) is 7.25. The number of aryl methyl sites for hydroxylation is 1. The lowest BCUT2D eigenvalue weighted by atomic mass is 10.2. The number of likely N-dealkylation sites (N-methyl/N-ethyl adjacent to an activating group) is 2. The molecule has 1 heterocycles. The van der Waals surface area contributed by atoms with Gasteiger partial charge in [-0.05, 0) is 64.6 Å². The van der Waals surface area contributed by atoms with Crippen LogP contribution in [-0.2, 0) is 14.8 Å². The van der Waals surface area contributed by atoms with E-state index in [-0.39, 0.29) is 16.8 Å². The van der Waals surface area contributed by atoms with Gasteiger partial charge in [0.15, 0.2) is 0 Å². The Morgan fingerprint density at radius 2 is 2.00 bits per heavy atom. The molecule has 0 aliphatic carbocycles. The Hall–Kier alpha value is -1.48. The predicted octanol–water partition coefficient (Wildman–Crippen LogP) is 1.99. The number of nitrogens with zero attached hydrogens (tertiary/aromatic N) is 3. The van der Waals surface area contributed by atoms with Gasteiger partial charge in [0, 0.05) is 38.3 Å². The second-order valence-electron chi connectivity index (χ2n) is 7.75. The number of hydrogen-bond acceptors (Lipinski definition) is 5. The summed E-state index contributed by atoms with van der Waals surface area (Å²) >= 11 is 0. The molecule has 7 nitrogen and oxygen atoms in total. The quantitative estimate of drug-likeness (QED) is 0.674. The first-order valence-corrected chi connectivity index (χ1v) is 11.4. The number of nitrogens with one attached hydrogen (secondary N) is 1. The summed E-state index contributed by atoms with van der Waals surface area (Å²) in [5, 5.41) is 2.68. The van der Waals surface area contributed by atoms with E-state index in [1.165, 1.54) is 6.92 Å². The first-order valence-electron chi connectivity index (χ1n) is 9.92. The minimum atomic E-state index is -3.68. The van der Waals surface area contributed by atoms with E-state index in [1.54, 1.807) is 29.4 Å². The molecule has 0 saturated carbocycles. The fraction of sp³-hybridized carbons (Fsp3) is 0.650. The minimum Gasteiger partial charge on any atom is -0.326 e. The van der Waals surface area contributed by atoms with Crippen LogP contribution < -0.4 is 5.32 Å². The van der Waals surface area contributed by atoms with Crippen LogP contribution in [0.3, 0.4) is 0 Å². The maximum absolute atomic E-state index is 13.6. The molecule has 0 spiro atoms. The summed E-state index contributed by atoms with van der Waals surface area (Å²) < 4.78 is 28.7. The molecule has 1 aromatic carbocycles. The fourth-order valence-corrected chi connectivity index (χ4v) is 5.39. The van der Waals surface area contributed by atoms with Crippen molar-refractivity contribution in [3.05, 3.63) is 23.8 Å². The van der Waals surface area contributed by atoms with Crippen molar-refractivity contribution in [2.45, 2.75) is 44.6 Å². The van der Waals surface area contributed by atoms with Crippen LogP contribution in [-0.4, -0.2) is 81.3 Å². The zero-order valence-electron chi connectivity index (χ0n) is 17.7. The van der Waals surface area contributed by atoms with Gasteiger partial charge in [-0.15, -0.1) is 0 Å². The molecule has 1 aromatic rings. The van der Waals surface area contributed by atoms with Crippen molar-refractivity contribution in [3.63, 3.8) is 0 Å². The van der Waals surface area contributed by atoms with Crippen molar-refractivity contribution >= 4 is 21.6 Å². The van der Waals surface area contributed by atoms with Crippen LogP contribution >= 0.6 is 0 Å². The highest BCUT2D eigenvalue weighted by Gasteiger charge is 2.32. The van der Waals surface area contributed by atoms with Gasteiger partial charge in [0.2, 0.25) is 15.9 Å². The predicted molar refractivity (Wildman–Crippen MR) is 113 cm³/mol. The number of likely N-dealkylation sites (tertiary alicyclic amines) is 1. The average molecular weight is 411 g/mol. The molecule has 1 atom stereocenters. The van der Waals surface area contributed by atoms with Crippen LogP contribution in [0.2, 0.25) is 0 Å². The van der Waals surface area contributed by atoms with Crippen molar-refractivity contribution in [1.29, 1.82) is 0 Å². The average Bonchev–Trinajstić information content (AvgIpc) is 3.06. The summed E-state index contributed by atoms with van der Waals surface area (Å²) in [5.41, 5.74) is 1.18. The van der Waals surface area contributed by atoms with E-state index in [4.69, 9.17) is 0 Å². The van der Waals surface area contributed by atoms with Gasteiger partial charge < -0.3 is 10.2 Å². The molecular formula is C20H34N4O3S. The van der Waals surface area contributed by atoms with Gasteiger partial charge in [0.05, 0.1) is 4.90 Å². The van der Waals surface area contributed by atoms with Crippen molar-refractivity contribution in [2.75, 3.05) is 52.1 Å². The molecule has 2 rings (SSSR count). The number of anilines is 1. The second kappa shape index (κ2) is 9.82. The smallest absolute Gasteiger partial charge is 0.243 e. The zero-order valence-corrected chi connectivity index (χ0v) is 18.6. The van der Waals surface area contributed by atoms with E-state index in [0.29, 0.717) is 30.9 Å². The Morgan fingerprint density at radius 3 is 2.61 bits per heavy atom. The van der Waals surface area contributed by atoms with E-state index in [0.717, 1.165) is 25.9 Å². The van der Waals surface area contributed by atoms with Crippen LogP contribution in [0.1, 0.15) is 32.3 Å². The molecule has 1 unspecified atom stereocenters. The zero-order chi connectivity index (χ0) is 20.9. The van der Waals surface area contributed by atoms with E-state index in [1.807, 2.05) is 19.0 Å². The molecule has 1 fully saturated rings. The highest BCUT2D eigenvalue weighted by molar-refractivity contribution is 7.89. The SMILES string of the molecule is CCN1CCCC1CN(CCN(C)C)S(=O)(=O)c1cc(NC(C)=O)ccc1C. The van der Waals surface area contributed by atoms with Crippen molar-refractivity contribution in [2.24, 2.45) is 0 Å². The van der Waals surface area contributed by atoms with Crippen molar-refractivity contribution < 1.29 is 13.2 Å². The lowest BCUT2D eigenvalue weighted by Gasteiger charge is -2.31. The topological polar surface area (TPSA) is 73.0 Å². The van der Waals surface area contributed by atoms with Gasteiger partial charge in [0.25, 0.3) is 0 Å². The van der Waals surface area contributed by atoms with Crippen LogP contribution in [0.25, 0.3) is 0 Å². The Morgan fingerprint density at radius 1 is 1.29 bits per heavy atom. The van der Waals surface area contributed by atoms with E-state index >= 15 is 0 Å². The minimum absolute atomic E-state index is 0.221. The third kappa shape index (κ3) is 5.76. The number of benzene rings is 1. The Kier molecular flexibility index (Phi) is 8.00. The van der Waals surface area contributed by atoms with Gasteiger partial charge in [-0.3, -0.25) is 9.69 Å². The lowest BCUT2D eigenvalue weighted by Crippen LogP contribution is -2.45. The standard InChI is InChI=1S/C20H34N4O3S/c1-6-23-11-7-8-19(23)15-24(13-12-22(4)5)28(26,27)20-14-18(21-17(3)25)10-9-16(20)2/h9-10,14,19H,6-8,11-13,15H2,1-5H3,(H,21,25). The molecule has 1 amide bonds. The van der Waals surface area contributed by atoms with Crippen LogP contribution in [0, 0.1) is 6.92 Å². The molecule has 8 heteroatoms. The summed E-state index contributed by atoms with van der Waals surface area (Å²) in [7, 11) is 0.215. The second-order valence-corrected chi connectivity index (χ2v) is 9.66. The van der Waals surface area contributed by atoms with E-state index in [9.17, 15) is 13.2 Å². The number of rotatable bonds is 9. The Balaban J connectivity index is 2.35. The summed E-state index contributed by atoms with van der Waals surface area (Å²) in [6.45, 7) is 8.88. The summed E-state index contributed by atoms with van der Waals surface area (Å²) in [6, 6.07) is 5.30. The highest BCUT2D eigenvalue weighted by atomic mass is 32.2. The van der Waals surface area contributed by atoms with Crippen molar-refractivity contribution in [3.8, 4) is 0 Å². The van der Waals surface area contributed by atoms with Gasteiger partial charge in [-0.2, -0.15) is 4.31 Å². The third-order valence-electron chi connectivity index (χ3n) is 5.24. The molecule has 1 saturated heterocycles. The normalized spacial score (nSPS) is 18.2. The van der Waals surface area contributed by atoms with Crippen molar-refractivity contribution in [1.82, 2.24) is 14.1 Å². The van der Waals surface area contributed by atoms with Gasteiger partial charge >= 0.3 is 0 Å². The molecule has 158 valence electrons. The highest BCUT2D eigenvalue weighted by Crippen LogP contribution is 2.26. The molecular weight excluding hydrogens is 376 g/mol. The van der Waals surface area contributed by atoms with Crippen LogP contribution in [0.15, 0.2) is 23.1 Å². The van der Waals surface area contributed by atoms with E-state index < -0.39 is 10.0 Å². The number of carbonyl (C=O) groups excluding carboxylic acids is 1. The summed E-state index contributed by atoms with van der Waals surface area (Å²) in [6.07, 6.45) is 2.13. The van der Waals surface area contributed by atoms with Crippen LogP contribution in [0.4, 0.5) is 5.69 Å². The van der Waals surface area contributed by atoms with Gasteiger partial charge in [-0.1, -0.05) is 13.0 Å². The first kappa shape index (κ1) is 22.8. The Bertz CT molecular complexity index is 780. The summed E-state index contributed by atoms with van der Waals surface area (Å²) in [4.78, 5) is 16.0. The fourth-order valence-electron chi connectivity index (χ4n) is 3.67. The number of hydrogen-bond donors (Lipinski definition) is 1. The first-order chi connectivity index (χ1) is 13.1. The van der Waals surface area contributed by atoms with Gasteiger partial charge in [-0.25, -0.2) is 8.42 Å². The molecule has 0 bridgehead atoms. The molecule has 0 aromatic heterocycles. The summed E-state index contributed by atoms with van der Waals surface area (Å²) in [5.74, 6) is -0.221. The number of sulfonamides is 1. The number of carbonyl (C=O) groups is 1. The number of amides is 1. The monoisotopic (exact) mass is 410 g/mol. The largest absolute Gasteiger partial charge is 0.326 e. The molecule has 28 heavy (non-hydrogen) atoms. The maximum Gasteiger partial charge on any atom is 0.243 e. The van der Waals surface area contributed by atoms with E-state index in [2.05, 4.69) is 17.1 Å².